The molecule has 0 bridgehead atoms. The zero-order valence-corrected chi connectivity index (χ0v) is 16.6. The second-order valence-corrected chi connectivity index (χ2v) is 7.34. The van der Waals surface area contributed by atoms with Gasteiger partial charge in [0.1, 0.15) is 6.04 Å². The second kappa shape index (κ2) is 8.90. The number of nitrogens with zero attached hydrogens (tertiary/aromatic N) is 3. The van der Waals surface area contributed by atoms with Crippen molar-refractivity contribution in [2.24, 2.45) is 0 Å². The van der Waals surface area contributed by atoms with Crippen LogP contribution in [0.4, 0.5) is 6.01 Å². The van der Waals surface area contributed by atoms with Crippen LogP contribution in [0.2, 0.25) is 0 Å². The normalized spacial score (nSPS) is 15.8. The van der Waals surface area contributed by atoms with Crippen molar-refractivity contribution in [1.29, 1.82) is 0 Å². The first kappa shape index (κ1) is 19.2. The molecular formula is C23H26N4O2. The lowest BCUT2D eigenvalue weighted by Gasteiger charge is -2.21. The van der Waals surface area contributed by atoms with Gasteiger partial charge < -0.3 is 14.6 Å². The van der Waals surface area contributed by atoms with E-state index in [2.05, 4.69) is 20.4 Å². The fraction of sp³-hybridized carbons (Fsp3) is 0.348. The number of aromatic nitrogens is 2. The van der Waals surface area contributed by atoms with Crippen LogP contribution in [0.5, 0.6) is 0 Å². The van der Waals surface area contributed by atoms with Crippen molar-refractivity contribution < 1.29 is 9.21 Å². The molecule has 0 spiro atoms. The van der Waals surface area contributed by atoms with E-state index < -0.39 is 6.04 Å². The van der Waals surface area contributed by atoms with E-state index in [1.807, 2.05) is 67.6 Å². The Morgan fingerprint density at radius 3 is 2.24 bits per heavy atom. The molecule has 0 unspecified atom stereocenters. The van der Waals surface area contributed by atoms with Crippen LogP contribution >= 0.6 is 0 Å². The molecule has 1 fully saturated rings. The lowest BCUT2D eigenvalue weighted by Crippen LogP contribution is -2.33. The third-order valence-electron chi connectivity index (χ3n) is 5.40. The van der Waals surface area contributed by atoms with E-state index in [-0.39, 0.29) is 11.8 Å². The second-order valence-electron chi connectivity index (χ2n) is 7.34. The number of amides is 1. The standard InChI is InChI=1S/C23H26N4O2/c1-2-19(17-11-5-3-6-12-17)21(28)24-20(18-13-7-4-8-14-18)22-25-26-23(29-22)27-15-9-10-16-27/h3-8,11-14,19-20H,2,9-10,15-16H2,1H3,(H,24,28)/t19-,20+/m1/s1. The van der Waals surface area contributed by atoms with Crippen LogP contribution in [0.25, 0.3) is 0 Å². The van der Waals surface area contributed by atoms with Crippen LogP contribution in [-0.4, -0.2) is 29.2 Å². The molecule has 29 heavy (non-hydrogen) atoms. The maximum Gasteiger partial charge on any atom is 0.318 e. The van der Waals surface area contributed by atoms with Crippen molar-refractivity contribution in [3.63, 3.8) is 0 Å². The van der Waals surface area contributed by atoms with E-state index in [1.54, 1.807) is 0 Å². The summed E-state index contributed by atoms with van der Waals surface area (Å²) in [7, 11) is 0. The van der Waals surface area contributed by atoms with Gasteiger partial charge in [-0.25, -0.2) is 0 Å². The van der Waals surface area contributed by atoms with Crippen molar-refractivity contribution in [1.82, 2.24) is 15.5 Å². The molecule has 1 N–H and O–H groups in total. The van der Waals surface area contributed by atoms with Gasteiger partial charge >= 0.3 is 6.01 Å². The van der Waals surface area contributed by atoms with Crippen LogP contribution in [0, 0.1) is 0 Å². The molecule has 3 aromatic rings. The van der Waals surface area contributed by atoms with Crippen LogP contribution < -0.4 is 10.2 Å². The van der Waals surface area contributed by atoms with Crippen LogP contribution in [0.3, 0.4) is 0 Å². The number of hydrogen-bond donors (Lipinski definition) is 1. The molecule has 0 aliphatic carbocycles. The van der Waals surface area contributed by atoms with E-state index in [4.69, 9.17) is 4.42 Å². The maximum atomic E-state index is 13.2. The first-order valence-corrected chi connectivity index (χ1v) is 10.2. The van der Waals surface area contributed by atoms with Gasteiger partial charge in [-0.15, -0.1) is 5.10 Å². The van der Waals surface area contributed by atoms with Gasteiger partial charge in [0.05, 0.1) is 5.92 Å². The molecule has 1 aliphatic heterocycles. The van der Waals surface area contributed by atoms with Crippen LogP contribution in [0.1, 0.15) is 55.2 Å². The molecule has 6 heteroatoms. The third kappa shape index (κ3) is 4.31. The minimum Gasteiger partial charge on any atom is -0.405 e. The van der Waals surface area contributed by atoms with Crippen molar-refractivity contribution in [2.75, 3.05) is 18.0 Å². The van der Waals surface area contributed by atoms with Crippen LogP contribution in [-0.2, 0) is 4.79 Å². The summed E-state index contributed by atoms with van der Waals surface area (Å²) in [6.45, 7) is 3.87. The number of rotatable bonds is 7. The Labute approximate surface area is 170 Å². The Kier molecular flexibility index (Phi) is 5.89. The Hall–Kier alpha value is -3.15. The lowest BCUT2D eigenvalue weighted by molar-refractivity contribution is -0.123. The summed E-state index contributed by atoms with van der Waals surface area (Å²) in [4.78, 5) is 15.3. The summed E-state index contributed by atoms with van der Waals surface area (Å²) in [6, 6.07) is 19.7. The summed E-state index contributed by atoms with van der Waals surface area (Å²) in [5, 5.41) is 11.7. The Morgan fingerprint density at radius 2 is 1.62 bits per heavy atom. The largest absolute Gasteiger partial charge is 0.405 e. The predicted molar refractivity (Wildman–Crippen MR) is 112 cm³/mol. The van der Waals surface area contributed by atoms with Crippen molar-refractivity contribution in [2.45, 2.75) is 38.1 Å². The van der Waals surface area contributed by atoms with Gasteiger partial charge in [0.25, 0.3) is 0 Å². The molecule has 1 aliphatic rings. The van der Waals surface area contributed by atoms with Gasteiger partial charge in [0.15, 0.2) is 0 Å². The van der Waals surface area contributed by atoms with Gasteiger partial charge in [0, 0.05) is 13.1 Å². The molecule has 0 saturated carbocycles. The number of nitrogens with one attached hydrogen (secondary N) is 1. The number of carbonyl (C=O) groups excluding carboxylic acids is 1. The van der Waals surface area contributed by atoms with Crippen molar-refractivity contribution in [3.05, 3.63) is 77.7 Å². The summed E-state index contributed by atoms with van der Waals surface area (Å²) in [5.74, 6) is 0.131. The summed E-state index contributed by atoms with van der Waals surface area (Å²) < 4.78 is 5.99. The highest BCUT2D eigenvalue weighted by molar-refractivity contribution is 5.84. The molecule has 1 aromatic heterocycles. The average Bonchev–Trinajstić information content (AvgIpc) is 3.46. The minimum atomic E-state index is -0.481. The maximum absolute atomic E-state index is 13.2. The van der Waals surface area contributed by atoms with E-state index in [0.29, 0.717) is 18.3 Å². The van der Waals surface area contributed by atoms with E-state index in [1.165, 1.54) is 0 Å². The fourth-order valence-corrected chi connectivity index (χ4v) is 3.81. The number of anilines is 1. The smallest absolute Gasteiger partial charge is 0.318 e. The van der Waals surface area contributed by atoms with Crippen LogP contribution in [0.15, 0.2) is 65.1 Å². The summed E-state index contributed by atoms with van der Waals surface area (Å²) in [6.07, 6.45) is 2.97. The van der Waals surface area contributed by atoms with E-state index in [0.717, 1.165) is 37.1 Å². The molecule has 4 rings (SSSR count). The zero-order valence-electron chi connectivity index (χ0n) is 16.6. The Balaban J connectivity index is 1.60. The molecule has 1 saturated heterocycles. The summed E-state index contributed by atoms with van der Waals surface area (Å²) >= 11 is 0. The fourth-order valence-electron chi connectivity index (χ4n) is 3.81. The zero-order chi connectivity index (χ0) is 20.1. The third-order valence-corrected chi connectivity index (χ3v) is 5.40. The highest BCUT2D eigenvalue weighted by atomic mass is 16.4. The highest BCUT2D eigenvalue weighted by Crippen LogP contribution is 2.27. The molecule has 6 nitrogen and oxygen atoms in total. The lowest BCUT2D eigenvalue weighted by atomic mass is 9.95. The molecular weight excluding hydrogens is 364 g/mol. The number of benzene rings is 2. The van der Waals surface area contributed by atoms with Gasteiger partial charge in [-0.3, -0.25) is 4.79 Å². The Morgan fingerprint density at radius 1 is 1.00 bits per heavy atom. The molecule has 150 valence electrons. The number of hydrogen-bond acceptors (Lipinski definition) is 5. The number of carbonyl (C=O) groups is 1. The topological polar surface area (TPSA) is 71.3 Å². The molecule has 2 aromatic carbocycles. The first-order valence-electron chi connectivity index (χ1n) is 10.2. The highest BCUT2D eigenvalue weighted by Gasteiger charge is 2.28. The predicted octanol–water partition coefficient (Wildman–Crippen LogP) is 4.07. The molecule has 1 amide bonds. The van der Waals surface area contributed by atoms with E-state index in [9.17, 15) is 4.79 Å². The Bertz CT molecular complexity index is 920. The average molecular weight is 390 g/mol. The molecule has 0 radical (unpaired) electrons. The monoisotopic (exact) mass is 390 g/mol. The first-order chi connectivity index (χ1) is 14.3. The van der Waals surface area contributed by atoms with Gasteiger partial charge in [0.2, 0.25) is 11.8 Å². The minimum absolute atomic E-state index is 0.0477. The SMILES string of the molecule is CC[C@@H](C(=O)N[C@@H](c1ccccc1)c1nnc(N2CCCC2)o1)c1ccccc1. The molecule has 2 atom stereocenters. The van der Waals surface area contributed by atoms with E-state index >= 15 is 0 Å². The molecule has 2 heterocycles. The van der Waals surface area contributed by atoms with Crippen molar-refractivity contribution >= 4 is 11.9 Å². The van der Waals surface area contributed by atoms with Gasteiger partial charge in [-0.05, 0) is 30.4 Å². The quantitative estimate of drug-likeness (QED) is 0.658. The van der Waals surface area contributed by atoms with Crippen molar-refractivity contribution in [3.8, 4) is 0 Å². The van der Waals surface area contributed by atoms with Gasteiger partial charge in [-0.1, -0.05) is 72.7 Å². The summed E-state index contributed by atoms with van der Waals surface area (Å²) in [5.41, 5.74) is 1.92. The van der Waals surface area contributed by atoms with Gasteiger partial charge in [-0.2, -0.15) is 0 Å².